The number of fused-ring (bicyclic) bond motifs is 1. The molecule has 1 heterocycles. The number of amides is 1. The summed E-state index contributed by atoms with van der Waals surface area (Å²) in [7, 11) is 3.07. The van der Waals surface area contributed by atoms with Crippen LogP contribution in [-0.4, -0.2) is 29.7 Å². The summed E-state index contributed by atoms with van der Waals surface area (Å²) >= 11 is 0. The van der Waals surface area contributed by atoms with E-state index in [9.17, 15) is 9.59 Å². The van der Waals surface area contributed by atoms with Crippen molar-refractivity contribution in [2.45, 2.75) is 19.9 Å². The molecule has 3 rings (SSSR count). The molecular weight excluding hydrogens is 358 g/mol. The fraction of sp³-hybridized carbons (Fsp3) is 0.286. The zero-order chi connectivity index (χ0) is 20.3. The first-order chi connectivity index (χ1) is 13.5. The van der Waals surface area contributed by atoms with Gasteiger partial charge in [0.2, 0.25) is 5.91 Å². The first-order valence-electron chi connectivity index (χ1n) is 8.95. The minimum atomic E-state index is -0.710. The lowest BCUT2D eigenvalue weighted by Crippen LogP contribution is -2.36. The normalized spacial score (nSPS) is 12.0. The Bertz CT molecular complexity index is 1060. The Kier molecular flexibility index (Phi) is 5.63. The Morgan fingerprint density at radius 3 is 2.46 bits per heavy atom. The highest BCUT2D eigenvalue weighted by Crippen LogP contribution is 2.30. The predicted molar refractivity (Wildman–Crippen MR) is 108 cm³/mol. The number of methoxy groups -OCH3 is 2. The van der Waals surface area contributed by atoms with Crippen LogP contribution in [0.3, 0.4) is 0 Å². The van der Waals surface area contributed by atoms with E-state index in [1.54, 1.807) is 43.5 Å². The number of anilines is 1. The highest BCUT2D eigenvalue weighted by atomic mass is 16.5. The van der Waals surface area contributed by atoms with Crippen molar-refractivity contribution in [2.24, 2.45) is 5.92 Å². The van der Waals surface area contributed by atoms with Crippen LogP contribution in [-0.2, 0) is 4.79 Å². The van der Waals surface area contributed by atoms with Crippen LogP contribution in [0.4, 0.5) is 5.69 Å². The van der Waals surface area contributed by atoms with Crippen LogP contribution in [0, 0.1) is 5.92 Å². The molecule has 0 bridgehead atoms. The van der Waals surface area contributed by atoms with Crippen LogP contribution in [0.25, 0.3) is 10.9 Å². The van der Waals surface area contributed by atoms with Crippen molar-refractivity contribution >= 4 is 22.5 Å². The topological polar surface area (TPSA) is 82.5 Å². The maximum absolute atomic E-state index is 13.0. The quantitative estimate of drug-likeness (QED) is 0.709. The van der Waals surface area contributed by atoms with Gasteiger partial charge in [-0.2, -0.15) is 0 Å². The zero-order valence-corrected chi connectivity index (χ0v) is 16.3. The fourth-order valence-corrected chi connectivity index (χ4v) is 3.16. The third-order valence-corrected chi connectivity index (χ3v) is 4.54. The molecule has 1 N–H and O–H groups in total. The van der Waals surface area contributed by atoms with Gasteiger partial charge < -0.3 is 14.8 Å². The van der Waals surface area contributed by atoms with E-state index in [-0.39, 0.29) is 17.4 Å². The number of carbonyl (C=O) groups is 1. The van der Waals surface area contributed by atoms with Gasteiger partial charge in [0.05, 0.1) is 31.4 Å². The monoisotopic (exact) mass is 381 g/mol. The van der Waals surface area contributed by atoms with Crippen molar-refractivity contribution < 1.29 is 14.3 Å². The number of ether oxygens (including phenoxy) is 2. The molecule has 1 atom stereocenters. The highest BCUT2D eigenvalue weighted by Gasteiger charge is 2.26. The van der Waals surface area contributed by atoms with Gasteiger partial charge in [0.1, 0.15) is 6.04 Å². The van der Waals surface area contributed by atoms with E-state index < -0.39 is 6.04 Å². The minimum absolute atomic E-state index is 0.124. The van der Waals surface area contributed by atoms with Crippen LogP contribution >= 0.6 is 0 Å². The van der Waals surface area contributed by atoms with E-state index in [4.69, 9.17) is 9.47 Å². The van der Waals surface area contributed by atoms with Gasteiger partial charge in [-0.25, -0.2) is 4.98 Å². The van der Waals surface area contributed by atoms with Gasteiger partial charge in [-0.1, -0.05) is 26.0 Å². The molecule has 0 radical (unpaired) electrons. The highest BCUT2D eigenvalue weighted by molar-refractivity contribution is 5.94. The lowest BCUT2D eigenvalue weighted by atomic mass is 10.0. The summed E-state index contributed by atoms with van der Waals surface area (Å²) < 4.78 is 11.9. The molecule has 146 valence electrons. The molecule has 0 aliphatic heterocycles. The van der Waals surface area contributed by atoms with E-state index >= 15 is 0 Å². The zero-order valence-electron chi connectivity index (χ0n) is 16.3. The molecule has 0 aliphatic carbocycles. The first kappa shape index (κ1) is 19.4. The van der Waals surface area contributed by atoms with E-state index in [1.165, 1.54) is 18.0 Å². The Hall–Kier alpha value is -3.35. The van der Waals surface area contributed by atoms with Crippen molar-refractivity contribution in [3.05, 3.63) is 59.1 Å². The second-order valence-electron chi connectivity index (χ2n) is 6.72. The molecule has 2 aromatic carbocycles. The van der Waals surface area contributed by atoms with Crippen molar-refractivity contribution in [1.29, 1.82) is 0 Å². The summed E-state index contributed by atoms with van der Waals surface area (Å²) in [5.41, 5.74) is 0.911. The molecule has 0 aliphatic rings. The molecule has 0 saturated heterocycles. The molecule has 7 nitrogen and oxygen atoms in total. The molecule has 28 heavy (non-hydrogen) atoms. The van der Waals surface area contributed by atoms with E-state index in [0.29, 0.717) is 28.1 Å². The molecular formula is C21H23N3O4. The lowest BCUT2D eigenvalue weighted by Gasteiger charge is -2.23. The Balaban J connectivity index is 1.96. The van der Waals surface area contributed by atoms with Gasteiger partial charge in [0.15, 0.2) is 11.5 Å². The third-order valence-electron chi connectivity index (χ3n) is 4.54. The Morgan fingerprint density at radius 1 is 1.07 bits per heavy atom. The largest absolute Gasteiger partial charge is 0.493 e. The van der Waals surface area contributed by atoms with E-state index in [0.717, 1.165) is 0 Å². The SMILES string of the molecule is COc1ccc(NC(=O)C(C(C)C)n2cnc3ccccc3c2=O)cc1OC. The summed E-state index contributed by atoms with van der Waals surface area (Å²) in [5, 5.41) is 3.34. The maximum Gasteiger partial charge on any atom is 0.261 e. The van der Waals surface area contributed by atoms with Crippen LogP contribution in [0.1, 0.15) is 19.9 Å². The van der Waals surface area contributed by atoms with Crippen LogP contribution in [0.15, 0.2) is 53.6 Å². The summed E-state index contributed by atoms with van der Waals surface area (Å²) in [6.07, 6.45) is 1.43. The Labute approximate surface area is 162 Å². The number of nitrogens with zero attached hydrogens (tertiary/aromatic N) is 2. The maximum atomic E-state index is 13.0. The molecule has 1 aromatic heterocycles. The average Bonchev–Trinajstić information content (AvgIpc) is 2.69. The summed E-state index contributed by atoms with van der Waals surface area (Å²) in [5.74, 6) is 0.643. The fourth-order valence-electron chi connectivity index (χ4n) is 3.16. The number of benzene rings is 2. The summed E-state index contributed by atoms with van der Waals surface area (Å²) in [6, 6.07) is 11.5. The minimum Gasteiger partial charge on any atom is -0.493 e. The standard InChI is InChI=1S/C21H23N3O4/c1-13(2)19(24-12-22-16-8-6-5-7-15(16)21(24)26)20(25)23-14-9-10-17(27-3)18(11-14)28-4/h5-13,19H,1-4H3,(H,23,25). The summed E-state index contributed by atoms with van der Waals surface area (Å²) in [6.45, 7) is 3.78. The van der Waals surface area contributed by atoms with E-state index in [2.05, 4.69) is 10.3 Å². The van der Waals surface area contributed by atoms with Gasteiger partial charge in [-0.15, -0.1) is 0 Å². The van der Waals surface area contributed by atoms with Gasteiger partial charge in [0.25, 0.3) is 5.56 Å². The Morgan fingerprint density at radius 2 is 1.79 bits per heavy atom. The van der Waals surface area contributed by atoms with Gasteiger partial charge in [0, 0.05) is 11.8 Å². The van der Waals surface area contributed by atoms with Crippen molar-refractivity contribution in [2.75, 3.05) is 19.5 Å². The molecule has 3 aromatic rings. The predicted octanol–water partition coefficient (Wildman–Crippen LogP) is 3.25. The van der Waals surface area contributed by atoms with Crippen LogP contribution in [0.2, 0.25) is 0 Å². The second kappa shape index (κ2) is 8.12. The number of para-hydroxylation sites is 1. The van der Waals surface area contributed by atoms with Crippen LogP contribution < -0.4 is 20.3 Å². The van der Waals surface area contributed by atoms with Gasteiger partial charge >= 0.3 is 0 Å². The van der Waals surface area contributed by atoms with E-state index in [1.807, 2.05) is 19.9 Å². The number of hydrogen-bond donors (Lipinski definition) is 1. The first-order valence-corrected chi connectivity index (χ1v) is 8.95. The molecule has 0 spiro atoms. The number of aromatic nitrogens is 2. The molecule has 7 heteroatoms. The number of nitrogens with one attached hydrogen (secondary N) is 1. The average molecular weight is 381 g/mol. The number of carbonyl (C=O) groups excluding carboxylic acids is 1. The van der Waals surface area contributed by atoms with Gasteiger partial charge in [-0.3, -0.25) is 14.2 Å². The number of hydrogen-bond acceptors (Lipinski definition) is 5. The lowest BCUT2D eigenvalue weighted by molar-refractivity contribution is -0.120. The second-order valence-corrected chi connectivity index (χ2v) is 6.72. The molecule has 1 amide bonds. The van der Waals surface area contributed by atoms with Crippen LogP contribution in [0.5, 0.6) is 11.5 Å². The van der Waals surface area contributed by atoms with Crippen molar-refractivity contribution in [3.8, 4) is 11.5 Å². The van der Waals surface area contributed by atoms with Gasteiger partial charge in [-0.05, 0) is 30.2 Å². The summed E-state index contributed by atoms with van der Waals surface area (Å²) in [4.78, 5) is 30.3. The van der Waals surface area contributed by atoms with Crippen molar-refractivity contribution in [1.82, 2.24) is 9.55 Å². The molecule has 1 unspecified atom stereocenters. The molecule has 0 fully saturated rings. The van der Waals surface area contributed by atoms with Crippen molar-refractivity contribution in [3.63, 3.8) is 0 Å². The third kappa shape index (κ3) is 3.69. The smallest absolute Gasteiger partial charge is 0.261 e. The molecule has 0 saturated carbocycles. The number of rotatable bonds is 6.